The Morgan fingerprint density at radius 1 is 1.53 bits per heavy atom. The second-order valence-electron chi connectivity index (χ2n) is 4.33. The summed E-state index contributed by atoms with van der Waals surface area (Å²) in [6, 6.07) is 3.73. The molecular weight excluding hydrogens is 266 g/mol. The van der Waals surface area contributed by atoms with Crippen molar-refractivity contribution >= 4 is 17.4 Å². The molecule has 0 saturated carbocycles. The van der Waals surface area contributed by atoms with Gasteiger partial charge in [0.2, 0.25) is 0 Å². The highest BCUT2D eigenvalue weighted by Crippen LogP contribution is 2.18. The molecule has 0 aromatic carbocycles. The molecule has 19 heavy (non-hydrogen) atoms. The summed E-state index contributed by atoms with van der Waals surface area (Å²) in [5.74, 6) is 2.13. The van der Waals surface area contributed by atoms with Gasteiger partial charge in [-0.1, -0.05) is 11.6 Å². The van der Waals surface area contributed by atoms with E-state index in [1.54, 1.807) is 19.4 Å². The third-order valence-electron chi connectivity index (χ3n) is 2.75. The minimum absolute atomic E-state index is 0.0393. The zero-order chi connectivity index (χ0) is 13.7. The average Bonchev–Trinajstić information content (AvgIpc) is 2.91. The molecule has 0 spiro atoms. The van der Waals surface area contributed by atoms with Crippen LogP contribution >= 0.6 is 11.6 Å². The van der Waals surface area contributed by atoms with Crippen LogP contribution in [0.15, 0.2) is 29.0 Å². The number of aromatic nitrogens is 2. The van der Waals surface area contributed by atoms with Crippen molar-refractivity contribution in [2.75, 3.05) is 18.5 Å². The van der Waals surface area contributed by atoms with Gasteiger partial charge in [-0.15, -0.1) is 0 Å². The monoisotopic (exact) mass is 281 g/mol. The first kappa shape index (κ1) is 13.8. The quantitative estimate of drug-likeness (QED) is 0.850. The summed E-state index contributed by atoms with van der Waals surface area (Å²) >= 11 is 6.00. The van der Waals surface area contributed by atoms with Gasteiger partial charge in [-0.25, -0.2) is 9.97 Å². The van der Waals surface area contributed by atoms with Gasteiger partial charge >= 0.3 is 0 Å². The van der Waals surface area contributed by atoms with Crippen LogP contribution in [-0.2, 0) is 6.42 Å². The van der Waals surface area contributed by atoms with Gasteiger partial charge in [0.05, 0.1) is 12.5 Å². The fourth-order valence-electron chi connectivity index (χ4n) is 1.73. The lowest BCUT2D eigenvalue weighted by Crippen LogP contribution is -2.21. The van der Waals surface area contributed by atoms with E-state index in [4.69, 9.17) is 16.0 Å². The summed E-state index contributed by atoms with van der Waals surface area (Å²) < 4.78 is 5.27. The number of aliphatic hydroxyl groups excluding tert-OH is 1. The summed E-state index contributed by atoms with van der Waals surface area (Å²) in [5, 5.41) is 13.0. The second-order valence-corrected chi connectivity index (χ2v) is 4.73. The molecule has 102 valence electrons. The zero-order valence-corrected chi connectivity index (χ0v) is 11.4. The average molecular weight is 282 g/mol. The molecule has 0 fully saturated rings. The van der Waals surface area contributed by atoms with Crippen LogP contribution in [0.5, 0.6) is 0 Å². The Hall–Kier alpha value is -1.59. The number of aliphatic hydroxyl groups is 1. The number of halogens is 1. The van der Waals surface area contributed by atoms with Gasteiger partial charge in [0.25, 0.3) is 0 Å². The lowest BCUT2D eigenvalue weighted by molar-refractivity contribution is 0.226. The second kappa shape index (κ2) is 6.54. The number of rotatable bonds is 6. The maximum Gasteiger partial charge on any atom is 0.148 e. The number of nitrogens with zero attached hydrogens (tertiary/aromatic N) is 2. The number of anilines is 1. The molecule has 0 amide bonds. The SMILES string of the molecule is Cc1ncc(Cl)c(NCC(CO)Cc2ccco2)n1. The Balaban J connectivity index is 1.94. The van der Waals surface area contributed by atoms with Crippen molar-refractivity contribution in [2.45, 2.75) is 13.3 Å². The first-order chi connectivity index (χ1) is 9.19. The van der Waals surface area contributed by atoms with Crippen LogP contribution in [0.25, 0.3) is 0 Å². The number of aryl methyl sites for hydroxylation is 1. The molecule has 2 rings (SSSR count). The third kappa shape index (κ3) is 3.94. The lowest BCUT2D eigenvalue weighted by Gasteiger charge is -2.15. The smallest absolute Gasteiger partial charge is 0.148 e. The van der Waals surface area contributed by atoms with Crippen molar-refractivity contribution in [1.29, 1.82) is 0 Å². The van der Waals surface area contributed by atoms with E-state index in [1.165, 1.54) is 0 Å². The van der Waals surface area contributed by atoms with E-state index in [9.17, 15) is 5.11 Å². The molecule has 0 aliphatic heterocycles. The van der Waals surface area contributed by atoms with Gasteiger partial charge < -0.3 is 14.8 Å². The highest BCUT2D eigenvalue weighted by atomic mass is 35.5. The molecule has 0 aliphatic rings. The van der Waals surface area contributed by atoms with Crippen molar-refractivity contribution in [2.24, 2.45) is 5.92 Å². The molecular formula is C13H16ClN3O2. The van der Waals surface area contributed by atoms with Crippen molar-refractivity contribution in [1.82, 2.24) is 9.97 Å². The number of hydrogen-bond donors (Lipinski definition) is 2. The molecule has 2 N–H and O–H groups in total. The lowest BCUT2D eigenvalue weighted by atomic mass is 10.1. The maximum absolute atomic E-state index is 9.38. The third-order valence-corrected chi connectivity index (χ3v) is 3.03. The molecule has 0 bridgehead atoms. The van der Waals surface area contributed by atoms with Gasteiger partial charge in [0.15, 0.2) is 0 Å². The van der Waals surface area contributed by atoms with Gasteiger partial charge in [-0.3, -0.25) is 0 Å². The number of nitrogens with one attached hydrogen (secondary N) is 1. The molecule has 2 aromatic heterocycles. The van der Waals surface area contributed by atoms with Gasteiger partial charge in [-0.05, 0) is 19.1 Å². The highest BCUT2D eigenvalue weighted by Gasteiger charge is 2.12. The molecule has 1 unspecified atom stereocenters. The van der Waals surface area contributed by atoms with Crippen LogP contribution in [0.3, 0.4) is 0 Å². The van der Waals surface area contributed by atoms with E-state index < -0.39 is 0 Å². The molecule has 0 aliphatic carbocycles. The molecule has 0 saturated heterocycles. The Kier molecular flexibility index (Phi) is 4.76. The zero-order valence-electron chi connectivity index (χ0n) is 10.6. The van der Waals surface area contributed by atoms with E-state index in [2.05, 4.69) is 15.3 Å². The van der Waals surface area contributed by atoms with Gasteiger partial charge in [0, 0.05) is 25.5 Å². The molecule has 6 heteroatoms. The Morgan fingerprint density at radius 2 is 2.37 bits per heavy atom. The predicted molar refractivity (Wildman–Crippen MR) is 73.3 cm³/mol. The van der Waals surface area contributed by atoms with Crippen LogP contribution < -0.4 is 5.32 Å². The van der Waals surface area contributed by atoms with E-state index in [0.29, 0.717) is 29.6 Å². The van der Waals surface area contributed by atoms with E-state index in [0.717, 1.165) is 5.76 Å². The van der Waals surface area contributed by atoms with Crippen molar-refractivity contribution < 1.29 is 9.52 Å². The van der Waals surface area contributed by atoms with Crippen LogP contribution in [0.2, 0.25) is 5.02 Å². The first-order valence-corrected chi connectivity index (χ1v) is 6.43. The van der Waals surface area contributed by atoms with Gasteiger partial charge in [-0.2, -0.15) is 0 Å². The first-order valence-electron chi connectivity index (χ1n) is 6.05. The normalized spacial score (nSPS) is 12.4. The van der Waals surface area contributed by atoms with Gasteiger partial charge in [0.1, 0.15) is 22.4 Å². The largest absolute Gasteiger partial charge is 0.469 e. The van der Waals surface area contributed by atoms with Crippen LogP contribution in [-0.4, -0.2) is 28.2 Å². The van der Waals surface area contributed by atoms with E-state index in [1.807, 2.05) is 12.1 Å². The summed E-state index contributed by atoms with van der Waals surface area (Å²) in [6.45, 7) is 2.43. The highest BCUT2D eigenvalue weighted by molar-refractivity contribution is 6.32. The summed E-state index contributed by atoms with van der Waals surface area (Å²) in [6.07, 6.45) is 3.85. The molecule has 1 atom stereocenters. The molecule has 5 nitrogen and oxygen atoms in total. The topological polar surface area (TPSA) is 71.2 Å². The maximum atomic E-state index is 9.38. The fourth-order valence-corrected chi connectivity index (χ4v) is 1.89. The van der Waals surface area contributed by atoms with E-state index >= 15 is 0 Å². The Labute approximate surface area is 116 Å². The van der Waals surface area contributed by atoms with Crippen molar-refractivity contribution in [3.8, 4) is 0 Å². The molecule has 0 radical (unpaired) electrons. The molecule has 2 aromatic rings. The Morgan fingerprint density at radius 3 is 3.05 bits per heavy atom. The summed E-state index contributed by atoms with van der Waals surface area (Å²) in [5.41, 5.74) is 0. The summed E-state index contributed by atoms with van der Waals surface area (Å²) in [7, 11) is 0. The van der Waals surface area contributed by atoms with E-state index in [-0.39, 0.29) is 12.5 Å². The van der Waals surface area contributed by atoms with Crippen LogP contribution in [0.4, 0.5) is 5.82 Å². The van der Waals surface area contributed by atoms with Crippen molar-refractivity contribution in [3.63, 3.8) is 0 Å². The Bertz CT molecular complexity index is 517. The number of furan rings is 1. The fraction of sp³-hybridized carbons (Fsp3) is 0.385. The predicted octanol–water partition coefficient (Wildman–Crippen LogP) is 2.29. The number of hydrogen-bond acceptors (Lipinski definition) is 5. The minimum atomic E-state index is 0.0393. The standard InChI is InChI=1S/C13H16ClN3O2/c1-9-15-7-12(14)13(17-9)16-6-10(8-18)5-11-3-2-4-19-11/h2-4,7,10,18H,5-6,8H2,1H3,(H,15,16,17). The summed E-state index contributed by atoms with van der Waals surface area (Å²) in [4.78, 5) is 8.22. The van der Waals surface area contributed by atoms with Crippen LogP contribution in [0.1, 0.15) is 11.6 Å². The minimum Gasteiger partial charge on any atom is -0.469 e. The molecule has 2 heterocycles. The van der Waals surface area contributed by atoms with Crippen molar-refractivity contribution in [3.05, 3.63) is 41.2 Å². The van der Waals surface area contributed by atoms with Crippen LogP contribution in [0, 0.1) is 12.8 Å².